The van der Waals surface area contributed by atoms with Gasteiger partial charge < -0.3 is 19.1 Å². The summed E-state index contributed by atoms with van der Waals surface area (Å²) in [4.78, 5) is 35.4. The summed E-state index contributed by atoms with van der Waals surface area (Å²) in [6, 6.07) is 0. The number of rotatable bonds is 5. The number of ether oxygens (including phenoxy) is 2. The maximum atomic E-state index is 12.1. The molecule has 0 aliphatic carbocycles. The number of aromatic carboxylic acids is 1. The molecule has 0 atom stereocenters. The van der Waals surface area contributed by atoms with E-state index in [1.807, 2.05) is 0 Å². The van der Waals surface area contributed by atoms with Crippen LogP contribution in [-0.4, -0.2) is 49.3 Å². The van der Waals surface area contributed by atoms with Gasteiger partial charge in [0.2, 0.25) is 0 Å². The maximum absolute atomic E-state index is 12.1. The highest BCUT2D eigenvalue weighted by molar-refractivity contribution is 6.36. The van der Waals surface area contributed by atoms with Gasteiger partial charge in [0.15, 0.2) is 5.43 Å². The second-order valence-corrected chi connectivity index (χ2v) is 5.37. The highest BCUT2D eigenvalue weighted by atomic mass is 16.5. The number of carbonyl (C=O) groups is 2. The minimum atomic E-state index is -1.38. The van der Waals surface area contributed by atoms with E-state index in [9.17, 15) is 14.4 Å². The highest BCUT2D eigenvalue weighted by Crippen LogP contribution is 2.18. The SMILES string of the molecule is [B]c1c(C(=O)OCC)n(CC2CCOCC2)cc(C(=O)O)c1=O. The van der Waals surface area contributed by atoms with E-state index in [2.05, 4.69) is 0 Å². The molecule has 1 fully saturated rings. The zero-order valence-electron chi connectivity index (χ0n) is 12.9. The summed E-state index contributed by atoms with van der Waals surface area (Å²) >= 11 is 0. The quantitative estimate of drug-likeness (QED) is 0.604. The zero-order valence-corrected chi connectivity index (χ0v) is 12.9. The van der Waals surface area contributed by atoms with Crippen LogP contribution in [0.15, 0.2) is 11.0 Å². The monoisotopic (exact) mass is 319 g/mol. The van der Waals surface area contributed by atoms with Crippen molar-refractivity contribution in [3.05, 3.63) is 27.7 Å². The first kappa shape index (κ1) is 17.3. The van der Waals surface area contributed by atoms with E-state index in [1.165, 1.54) is 10.8 Å². The lowest BCUT2D eigenvalue weighted by Crippen LogP contribution is -2.40. The molecule has 7 nitrogen and oxygen atoms in total. The summed E-state index contributed by atoms with van der Waals surface area (Å²) in [5.41, 5.74) is -1.81. The van der Waals surface area contributed by atoms with Crippen molar-refractivity contribution in [3.8, 4) is 0 Å². The number of carbonyl (C=O) groups excluding carboxylic acids is 1. The summed E-state index contributed by atoms with van der Waals surface area (Å²) in [5.74, 6) is -1.90. The van der Waals surface area contributed by atoms with Gasteiger partial charge in [-0.1, -0.05) is 0 Å². The Labute approximate surface area is 134 Å². The first-order valence-corrected chi connectivity index (χ1v) is 7.46. The van der Waals surface area contributed by atoms with Crippen LogP contribution in [0.5, 0.6) is 0 Å². The highest BCUT2D eigenvalue weighted by Gasteiger charge is 2.24. The van der Waals surface area contributed by atoms with E-state index >= 15 is 0 Å². The summed E-state index contributed by atoms with van der Waals surface area (Å²) in [5, 5.41) is 9.15. The number of hydrogen-bond acceptors (Lipinski definition) is 5. The molecule has 23 heavy (non-hydrogen) atoms. The van der Waals surface area contributed by atoms with E-state index in [4.69, 9.17) is 22.4 Å². The van der Waals surface area contributed by atoms with Crippen LogP contribution in [-0.2, 0) is 16.0 Å². The molecule has 2 radical (unpaired) electrons. The van der Waals surface area contributed by atoms with Crippen molar-refractivity contribution in [2.45, 2.75) is 26.3 Å². The lowest BCUT2D eigenvalue weighted by molar-refractivity contribution is 0.0494. The van der Waals surface area contributed by atoms with Crippen LogP contribution < -0.4 is 10.9 Å². The Morgan fingerprint density at radius 2 is 2.09 bits per heavy atom. The van der Waals surface area contributed by atoms with Crippen molar-refractivity contribution >= 4 is 25.2 Å². The number of pyridine rings is 1. The van der Waals surface area contributed by atoms with Crippen LogP contribution in [0.1, 0.15) is 40.6 Å². The third-order valence-corrected chi connectivity index (χ3v) is 3.81. The van der Waals surface area contributed by atoms with Gasteiger partial charge in [-0.25, -0.2) is 9.59 Å². The lowest BCUT2D eigenvalue weighted by atomic mass is 9.90. The van der Waals surface area contributed by atoms with Crippen molar-refractivity contribution < 1.29 is 24.2 Å². The molecule has 8 heteroatoms. The molecule has 0 saturated carbocycles. The molecular formula is C15H18BNO6. The molecule has 0 unspecified atom stereocenters. The molecule has 1 aromatic heterocycles. The Morgan fingerprint density at radius 3 is 2.65 bits per heavy atom. The first-order chi connectivity index (χ1) is 11.0. The van der Waals surface area contributed by atoms with Crippen LogP contribution in [0.3, 0.4) is 0 Å². The lowest BCUT2D eigenvalue weighted by Gasteiger charge is -2.25. The zero-order chi connectivity index (χ0) is 17.0. The van der Waals surface area contributed by atoms with E-state index in [0.717, 1.165) is 12.8 Å². The van der Waals surface area contributed by atoms with Crippen LogP contribution in [0, 0.1) is 5.92 Å². The maximum Gasteiger partial charge on any atom is 0.354 e. The average molecular weight is 319 g/mol. The summed E-state index contributed by atoms with van der Waals surface area (Å²) in [7, 11) is 5.74. The number of carboxylic acid groups (broad SMARTS) is 1. The standard InChI is InChI=1S/C15H18BNO6/c1-2-23-15(21)12-11(16)13(18)10(14(19)20)8-17(12)7-9-3-5-22-6-4-9/h8-9H,2-7H2,1H3,(H,19,20). The second-order valence-electron chi connectivity index (χ2n) is 5.37. The molecule has 1 aliphatic heterocycles. The van der Waals surface area contributed by atoms with E-state index in [0.29, 0.717) is 19.8 Å². The van der Waals surface area contributed by atoms with Gasteiger partial charge in [-0.05, 0) is 31.1 Å². The van der Waals surface area contributed by atoms with Crippen molar-refractivity contribution in [3.63, 3.8) is 0 Å². The van der Waals surface area contributed by atoms with Gasteiger partial charge in [-0.2, -0.15) is 0 Å². The molecule has 2 heterocycles. The first-order valence-electron chi connectivity index (χ1n) is 7.46. The van der Waals surface area contributed by atoms with Crippen LogP contribution in [0.2, 0.25) is 0 Å². The summed E-state index contributed by atoms with van der Waals surface area (Å²) < 4.78 is 11.7. The molecule has 0 bridgehead atoms. The fraction of sp³-hybridized carbons (Fsp3) is 0.533. The Bertz CT molecular complexity index is 663. The minimum Gasteiger partial charge on any atom is -0.477 e. The Morgan fingerprint density at radius 1 is 1.43 bits per heavy atom. The van der Waals surface area contributed by atoms with Gasteiger partial charge in [0.1, 0.15) is 19.1 Å². The Hall–Kier alpha value is -2.09. The van der Waals surface area contributed by atoms with Crippen molar-refractivity contribution in [2.75, 3.05) is 19.8 Å². The molecular weight excluding hydrogens is 301 g/mol. The molecule has 1 N–H and O–H groups in total. The molecule has 0 aromatic carbocycles. The molecule has 1 saturated heterocycles. The van der Waals surface area contributed by atoms with Crippen LogP contribution in [0.25, 0.3) is 0 Å². The van der Waals surface area contributed by atoms with Gasteiger partial charge in [0.25, 0.3) is 0 Å². The average Bonchev–Trinajstić information content (AvgIpc) is 2.51. The number of esters is 1. The van der Waals surface area contributed by atoms with Crippen LogP contribution in [0.4, 0.5) is 0 Å². The molecule has 0 spiro atoms. The smallest absolute Gasteiger partial charge is 0.354 e. The number of carboxylic acids is 1. The van der Waals surface area contributed by atoms with Gasteiger partial charge in [0, 0.05) is 26.0 Å². The van der Waals surface area contributed by atoms with Crippen LogP contribution >= 0.6 is 0 Å². The normalized spacial score (nSPS) is 15.3. The van der Waals surface area contributed by atoms with Gasteiger partial charge in [-0.3, -0.25) is 4.79 Å². The minimum absolute atomic E-state index is 0.0895. The largest absolute Gasteiger partial charge is 0.477 e. The van der Waals surface area contributed by atoms with Gasteiger partial charge >= 0.3 is 11.9 Å². The number of nitrogens with zero attached hydrogens (tertiary/aromatic N) is 1. The number of aromatic nitrogens is 1. The predicted octanol–water partition coefficient (Wildman–Crippen LogP) is -0.0564. The molecule has 0 amide bonds. The van der Waals surface area contributed by atoms with Crippen molar-refractivity contribution in [2.24, 2.45) is 5.92 Å². The van der Waals surface area contributed by atoms with Gasteiger partial charge in [0.05, 0.1) is 6.61 Å². The van der Waals surface area contributed by atoms with E-state index in [-0.39, 0.29) is 18.2 Å². The molecule has 122 valence electrons. The Balaban J connectivity index is 2.48. The third-order valence-electron chi connectivity index (χ3n) is 3.81. The summed E-state index contributed by atoms with van der Waals surface area (Å²) in [6.07, 6.45) is 2.75. The fourth-order valence-corrected chi connectivity index (χ4v) is 2.62. The van der Waals surface area contributed by atoms with E-state index in [1.54, 1.807) is 6.92 Å². The van der Waals surface area contributed by atoms with Crippen molar-refractivity contribution in [1.82, 2.24) is 4.57 Å². The predicted molar refractivity (Wildman–Crippen MR) is 82.5 cm³/mol. The third kappa shape index (κ3) is 3.82. The molecule has 1 aliphatic rings. The number of hydrogen-bond donors (Lipinski definition) is 1. The summed E-state index contributed by atoms with van der Waals surface area (Å²) in [6.45, 7) is 3.37. The second kappa shape index (κ2) is 7.46. The van der Waals surface area contributed by atoms with Gasteiger partial charge in [-0.15, -0.1) is 0 Å². The Kier molecular flexibility index (Phi) is 5.60. The topological polar surface area (TPSA) is 94.8 Å². The molecule has 1 aromatic rings. The van der Waals surface area contributed by atoms with E-state index < -0.39 is 28.4 Å². The molecule has 2 rings (SSSR count). The fourth-order valence-electron chi connectivity index (χ4n) is 2.62. The van der Waals surface area contributed by atoms with Crippen molar-refractivity contribution in [1.29, 1.82) is 0 Å².